The van der Waals surface area contributed by atoms with Crippen LogP contribution in [0.3, 0.4) is 0 Å². The number of hydrogen-bond donors (Lipinski definition) is 2. The van der Waals surface area contributed by atoms with Crippen molar-refractivity contribution in [3.05, 3.63) is 23.8 Å². The lowest BCUT2D eigenvalue weighted by molar-refractivity contribution is -0.137. The third kappa shape index (κ3) is 3.64. The van der Waals surface area contributed by atoms with Crippen LogP contribution in [-0.2, 0) is 4.79 Å². The Balaban J connectivity index is 3.04. The molecule has 1 atom stereocenters. The van der Waals surface area contributed by atoms with Crippen molar-refractivity contribution < 1.29 is 19.4 Å². The summed E-state index contributed by atoms with van der Waals surface area (Å²) >= 11 is 0. The summed E-state index contributed by atoms with van der Waals surface area (Å²) in [5, 5.41) is 8.81. The summed E-state index contributed by atoms with van der Waals surface area (Å²) in [6.45, 7) is 0.266. The number of benzene rings is 1. The molecule has 1 rings (SSSR count). The fourth-order valence-electron chi connectivity index (χ4n) is 1.61. The quantitative estimate of drug-likeness (QED) is 0.780. The second kappa shape index (κ2) is 6.10. The second-order valence-electron chi connectivity index (χ2n) is 3.68. The first kappa shape index (κ1) is 13.3. The van der Waals surface area contributed by atoms with Gasteiger partial charge in [0.25, 0.3) is 0 Å². The fraction of sp³-hybridized carbons (Fsp3) is 0.417. The highest BCUT2D eigenvalue weighted by atomic mass is 16.5. The molecule has 0 bridgehead atoms. The summed E-state index contributed by atoms with van der Waals surface area (Å²) < 4.78 is 10.3. The van der Waals surface area contributed by atoms with Gasteiger partial charge in [-0.15, -0.1) is 0 Å². The maximum absolute atomic E-state index is 10.7. The van der Waals surface area contributed by atoms with Crippen molar-refractivity contribution in [1.82, 2.24) is 0 Å². The molecule has 5 heteroatoms. The van der Waals surface area contributed by atoms with Crippen molar-refractivity contribution in [1.29, 1.82) is 0 Å². The van der Waals surface area contributed by atoms with E-state index in [4.69, 9.17) is 20.3 Å². The molecule has 0 aliphatic heterocycles. The summed E-state index contributed by atoms with van der Waals surface area (Å²) in [4.78, 5) is 10.7. The van der Waals surface area contributed by atoms with Crippen LogP contribution in [0.2, 0.25) is 0 Å². The molecular weight excluding hydrogens is 222 g/mol. The lowest BCUT2D eigenvalue weighted by Crippen LogP contribution is -2.16. The van der Waals surface area contributed by atoms with Gasteiger partial charge in [-0.1, -0.05) is 0 Å². The minimum Gasteiger partial charge on any atom is -0.497 e. The van der Waals surface area contributed by atoms with E-state index in [1.54, 1.807) is 32.4 Å². The van der Waals surface area contributed by atoms with Crippen molar-refractivity contribution in [3.8, 4) is 11.5 Å². The van der Waals surface area contributed by atoms with Crippen molar-refractivity contribution in [2.45, 2.75) is 12.3 Å². The predicted octanol–water partition coefficient (Wildman–Crippen LogP) is 1.22. The van der Waals surface area contributed by atoms with Crippen molar-refractivity contribution in [3.63, 3.8) is 0 Å². The van der Waals surface area contributed by atoms with Gasteiger partial charge >= 0.3 is 5.97 Å². The monoisotopic (exact) mass is 239 g/mol. The molecule has 0 saturated heterocycles. The maximum Gasteiger partial charge on any atom is 0.304 e. The number of aliphatic carboxylic acids is 1. The third-order valence-electron chi connectivity index (χ3n) is 2.55. The zero-order valence-corrected chi connectivity index (χ0v) is 9.97. The Labute approximate surface area is 100 Å². The third-order valence-corrected chi connectivity index (χ3v) is 2.55. The van der Waals surface area contributed by atoms with Crippen LogP contribution >= 0.6 is 0 Å². The van der Waals surface area contributed by atoms with Gasteiger partial charge in [0.1, 0.15) is 11.5 Å². The molecule has 0 aliphatic rings. The minimum atomic E-state index is -0.873. The van der Waals surface area contributed by atoms with Crippen LogP contribution in [0.4, 0.5) is 0 Å². The molecule has 1 aromatic carbocycles. The van der Waals surface area contributed by atoms with E-state index in [1.807, 2.05) is 0 Å². The lowest BCUT2D eigenvalue weighted by atomic mass is 9.95. The molecular formula is C12H17NO4. The van der Waals surface area contributed by atoms with Crippen LogP contribution in [0.25, 0.3) is 0 Å². The van der Waals surface area contributed by atoms with Gasteiger partial charge in [0.2, 0.25) is 0 Å². The minimum absolute atomic E-state index is 0.00712. The number of rotatable bonds is 6. The number of carboxylic acids is 1. The maximum atomic E-state index is 10.7. The summed E-state index contributed by atoms with van der Waals surface area (Å²) in [5.41, 5.74) is 6.40. The molecule has 0 radical (unpaired) electrons. The van der Waals surface area contributed by atoms with Crippen molar-refractivity contribution in [2.24, 2.45) is 5.73 Å². The first-order chi connectivity index (χ1) is 8.10. The van der Waals surface area contributed by atoms with Gasteiger partial charge < -0.3 is 20.3 Å². The normalized spacial score (nSPS) is 11.9. The summed E-state index contributed by atoms with van der Waals surface area (Å²) in [7, 11) is 3.10. The molecule has 5 nitrogen and oxygen atoms in total. The van der Waals surface area contributed by atoms with Gasteiger partial charge in [0.15, 0.2) is 0 Å². The van der Waals surface area contributed by atoms with E-state index in [-0.39, 0.29) is 18.9 Å². The highest BCUT2D eigenvalue weighted by Gasteiger charge is 2.16. The molecule has 17 heavy (non-hydrogen) atoms. The molecule has 0 aromatic heterocycles. The van der Waals surface area contributed by atoms with E-state index < -0.39 is 5.97 Å². The van der Waals surface area contributed by atoms with Crippen LogP contribution in [0, 0.1) is 0 Å². The molecule has 0 saturated carbocycles. The summed E-state index contributed by atoms with van der Waals surface area (Å²) in [6, 6.07) is 5.30. The fourth-order valence-corrected chi connectivity index (χ4v) is 1.61. The second-order valence-corrected chi connectivity index (χ2v) is 3.68. The molecule has 1 unspecified atom stereocenters. The smallest absolute Gasteiger partial charge is 0.304 e. The zero-order chi connectivity index (χ0) is 12.8. The number of methoxy groups -OCH3 is 2. The van der Waals surface area contributed by atoms with Crippen LogP contribution in [0.15, 0.2) is 18.2 Å². The Morgan fingerprint density at radius 3 is 2.18 bits per heavy atom. The van der Waals surface area contributed by atoms with Crippen molar-refractivity contribution >= 4 is 5.97 Å². The van der Waals surface area contributed by atoms with E-state index in [2.05, 4.69) is 0 Å². The van der Waals surface area contributed by atoms with E-state index in [0.717, 1.165) is 5.56 Å². The average molecular weight is 239 g/mol. The predicted molar refractivity (Wildman–Crippen MR) is 63.6 cm³/mol. The molecule has 0 heterocycles. The molecule has 94 valence electrons. The van der Waals surface area contributed by atoms with Crippen LogP contribution in [0.5, 0.6) is 11.5 Å². The molecule has 0 aliphatic carbocycles. The van der Waals surface area contributed by atoms with Gasteiger partial charge in [-0.05, 0) is 24.2 Å². The zero-order valence-electron chi connectivity index (χ0n) is 9.97. The van der Waals surface area contributed by atoms with Gasteiger partial charge in [-0.2, -0.15) is 0 Å². The largest absolute Gasteiger partial charge is 0.497 e. The van der Waals surface area contributed by atoms with Crippen molar-refractivity contribution in [2.75, 3.05) is 20.8 Å². The Bertz CT molecular complexity index is 370. The Kier molecular flexibility index (Phi) is 4.78. The Morgan fingerprint density at radius 1 is 1.29 bits per heavy atom. The molecule has 0 amide bonds. The van der Waals surface area contributed by atoms with Gasteiger partial charge in [-0.3, -0.25) is 4.79 Å². The highest BCUT2D eigenvalue weighted by Crippen LogP contribution is 2.28. The van der Waals surface area contributed by atoms with Crippen LogP contribution < -0.4 is 15.2 Å². The number of carboxylic acid groups (broad SMARTS) is 1. The van der Waals surface area contributed by atoms with Crippen LogP contribution in [-0.4, -0.2) is 31.8 Å². The average Bonchev–Trinajstić information content (AvgIpc) is 2.34. The number of hydrogen-bond acceptors (Lipinski definition) is 4. The molecule has 3 N–H and O–H groups in total. The Hall–Kier alpha value is -1.75. The van der Waals surface area contributed by atoms with E-state index in [9.17, 15) is 4.79 Å². The summed E-state index contributed by atoms with van der Waals surface area (Å²) in [6.07, 6.45) is -0.00712. The topological polar surface area (TPSA) is 81.8 Å². The van der Waals surface area contributed by atoms with E-state index >= 15 is 0 Å². The van der Waals surface area contributed by atoms with Gasteiger partial charge in [0, 0.05) is 12.0 Å². The number of nitrogens with two attached hydrogens (primary N) is 1. The lowest BCUT2D eigenvalue weighted by Gasteiger charge is -2.15. The molecule has 0 fully saturated rings. The van der Waals surface area contributed by atoms with Crippen LogP contribution in [0.1, 0.15) is 17.9 Å². The SMILES string of the molecule is COc1cc(OC)cc(C(CN)CC(=O)O)c1. The van der Waals surface area contributed by atoms with Gasteiger partial charge in [0.05, 0.1) is 20.6 Å². The Morgan fingerprint density at radius 2 is 1.82 bits per heavy atom. The number of ether oxygens (including phenoxy) is 2. The number of carbonyl (C=O) groups is 1. The first-order valence-electron chi connectivity index (χ1n) is 5.25. The van der Waals surface area contributed by atoms with E-state index in [1.165, 1.54) is 0 Å². The highest BCUT2D eigenvalue weighted by molar-refractivity contribution is 5.68. The standard InChI is InChI=1S/C12H17NO4/c1-16-10-3-8(4-11(6-10)17-2)9(7-13)5-12(14)15/h3-4,6,9H,5,7,13H2,1-2H3,(H,14,15). The molecule has 0 spiro atoms. The summed E-state index contributed by atoms with van der Waals surface area (Å²) in [5.74, 6) is 0.144. The molecule has 1 aromatic rings. The van der Waals surface area contributed by atoms with E-state index in [0.29, 0.717) is 11.5 Å². The van der Waals surface area contributed by atoms with Gasteiger partial charge in [-0.25, -0.2) is 0 Å². The first-order valence-corrected chi connectivity index (χ1v) is 5.25.